The lowest BCUT2D eigenvalue weighted by molar-refractivity contribution is 1.31. The lowest BCUT2D eigenvalue weighted by Gasteiger charge is -1.96. The van der Waals surface area contributed by atoms with Crippen LogP contribution in [0.2, 0.25) is 6.82 Å². The van der Waals surface area contributed by atoms with Crippen LogP contribution in [-0.2, 0) is 0 Å². The number of hydrogen-bond donors (Lipinski definition) is 0. The Kier molecular flexibility index (Phi) is 3.77. The highest BCUT2D eigenvalue weighted by molar-refractivity contribution is 6.45. The monoisotopic (exact) mass is 121 g/mol. The van der Waals surface area contributed by atoms with Crippen LogP contribution in [-0.4, -0.2) is 14.0 Å². The predicted octanol–water partition coefficient (Wildman–Crippen LogP) is 1.59. The van der Waals surface area contributed by atoms with Crippen LogP contribution < -0.4 is 0 Å². The minimum absolute atomic E-state index is 0.979. The molecular formula is C7H12BN. The molecule has 0 radical (unpaired) electrons. The van der Waals surface area contributed by atoms with E-state index in [0.717, 1.165) is 13.0 Å². The minimum Gasteiger partial charge on any atom is -0.270 e. The van der Waals surface area contributed by atoms with Gasteiger partial charge in [-0.2, -0.15) is 0 Å². The van der Waals surface area contributed by atoms with Crippen LogP contribution in [0.4, 0.5) is 0 Å². The second-order valence-electron chi connectivity index (χ2n) is 1.83. The maximum Gasteiger partial charge on any atom is 0.156 e. The van der Waals surface area contributed by atoms with E-state index >= 15 is 0 Å². The first-order valence-corrected chi connectivity index (χ1v) is 3.05. The molecule has 0 N–H and O–H groups in total. The van der Waals surface area contributed by atoms with Gasteiger partial charge in [-0.15, -0.1) is 0 Å². The van der Waals surface area contributed by atoms with Crippen molar-refractivity contribution in [3.8, 4) is 0 Å². The molecule has 0 aliphatic rings. The van der Waals surface area contributed by atoms with Crippen LogP contribution >= 0.6 is 0 Å². The largest absolute Gasteiger partial charge is 0.270 e. The second kappa shape index (κ2) is 4.13. The topological polar surface area (TPSA) is 12.4 Å². The van der Waals surface area contributed by atoms with Crippen molar-refractivity contribution in [2.45, 2.75) is 13.7 Å². The van der Waals surface area contributed by atoms with E-state index in [-0.39, 0.29) is 0 Å². The highest BCUT2D eigenvalue weighted by Gasteiger charge is 1.91. The Morgan fingerprint density at radius 1 is 1.67 bits per heavy atom. The minimum atomic E-state index is 0.979. The maximum atomic E-state index is 3.79. The molecule has 0 aromatic heterocycles. The molecule has 0 bridgehead atoms. The number of aliphatic imine (C=N–C) groups is 1. The molecule has 0 aromatic carbocycles. The molecule has 0 rings (SSSR count). The van der Waals surface area contributed by atoms with Crippen molar-refractivity contribution >= 4 is 14.0 Å². The van der Waals surface area contributed by atoms with Crippen LogP contribution in [0.15, 0.2) is 28.8 Å². The smallest absolute Gasteiger partial charge is 0.156 e. The molecule has 0 atom stereocenters. The van der Waals surface area contributed by atoms with Gasteiger partial charge in [0.25, 0.3) is 0 Å². The van der Waals surface area contributed by atoms with Crippen molar-refractivity contribution in [1.82, 2.24) is 0 Å². The van der Waals surface area contributed by atoms with Crippen molar-refractivity contribution in [3.63, 3.8) is 0 Å². The van der Waals surface area contributed by atoms with Crippen molar-refractivity contribution in [2.75, 3.05) is 0 Å². The average molecular weight is 121 g/mol. The van der Waals surface area contributed by atoms with Crippen LogP contribution in [0.3, 0.4) is 0 Å². The van der Waals surface area contributed by atoms with Gasteiger partial charge in [0.05, 0.1) is 0 Å². The highest BCUT2D eigenvalue weighted by atomic mass is 14.7. The van der Waals surface area contributed by atoms with E-state index < -0.39 is 0 Å². The molecule has 0 amide bonds. The Hall–Kier alpha value is -0.785. The molecule has 0 aliphatic carbocycles. The van der Waals surface area contributed by atoms with Gasteiger partial charge in [-0.3, -0.25) is 4.99 Å². The predicted molar refractivity (Wildman–Crippen MR) is 45.5 cm³/mol. The van der Waals surface area contributed by atoms with Gasteiger partial charge in [0.2, 0.25) is 0 Å². The number of rotatable bonds is 3. The number of hydrogen-bond acceptors (Lipinski definition) is 1. The number of nitrogens with zero attached hydrogens (tertiary/aromatic N) is 1. The Balaban J connectivity index is 4.36. The van der Waals surface area contributed by atoms with Gasteiger partial charge in [0.15, 0.2) is 7.28 Å². The second-order valence-corrected chi connectivity index (χ2v) is 1.83. The first-order chi connectivity index (χ1) is 4.26. The maximum absolute atomic E-state index is 3.79. The third kappa shape index (κ3) is 2.31. The van der Waals surface area contributed by atoms with E-state index in [0.29, 0.717) is 0 Å². The SMILES string of the molecule is C=C/C(BC)=C(/C)N=C. The molecule has 0 fully saturated rings. The molecule has 0 spiro atoms. The lowest BCUT2D eigenvalue weighted by atomic mass is 9.71. The summed E-state index contributed by atoms with van der Waals surface area (Å²) in [6.07, 6.45) is 1.82. The molecule has 1 nitrogen and oxygen atoms in total. The molecule has 9 heavy (non-hydrogen) atoms. The Morgan fingerprint density at radius 2 is 2.22 bits per heavy atom. The van der Waals surface area contributed by atoms with E-state index in [1.807, 2.05) is 13.0 Å². The fraction of sp³-hybridized carbons (Fsp3) is 0.286. The Morgan fingerprint density at radius 3 is 2.33 bits per heavy atom. The van der Waals surface area contributed by atoms with Gasteiger partial charge < -0.3 is 0 Å². The third-order valence-electron chi connectivity index (χ3n) is 1.33. The van der Waals surface area contributed by atoms with Crippen LogP contribution in [0.1, 0.15) is 6.92 Å². The molecule has 48 valence electrons. The molecule has 0 aliphatic heterocycles. The summed E-state index contributed by atoms with van der Waals surface area (Å²) < 4.78 is 0. The Labute approximate surface area is 57.4 Å². The van der Waals surface area contributed by atoms with E-state index in [1.165, 1.54) is 5.47 Å². The van der Waals surface area contributed by atoms with Gasteiger partial charge in [-0.25, -0.2) is 0 Å². The summed E-state index contributed by atoms with van der Waals surface area (Å²) in [4.78, 5) is 3.79. The number of allylic oxidation sites excluding steroid dienone is 3. The fourth-order valence-electron chi connectivity index (χ4n) is 0.649. The van der Waals surface area contributed by atoms with Crippen molar-refractivity contribution in [3.05, 3.63) is 23.8 Å². The van der Waals surface area contributed by atoms with Gasteiger partial charge in [0.1, 0.15) is 0 Å². The molecule has 2 heteroatoms. The molecule has 0 saturated carbocycles. The zero-order chi connectivity index (χ0) is 7.28. The first-order valence-electron chi connectivity index (χ1n) is 3.05. The van der Waals surface area contributed by atoms with Gasteiger partial charge in [-0.05, 0) is 13.6 Å². The van der Waals surface area contributed by atoms with Crippen LogP contribution in [0.5, 0.6) is 0 Å². The van der Waals surface area contributed by atoms with E-state index in [2.05, 4.69) is 25.1 Å². The fourth-order valence-corrected chi connectivity index (χ4v) is 0.649. The van der Waals surface area contributed by atoms with Crippen molar-refractivity contribution < 1.29 is 0 Å². The Bertz CT molecular complexity index is 147. The summed E-state index contributed by atoms with van der Waals surface area (Å²) in [6, 6.07) is 0. The van der Waals surface area contributed by atoms with Gasteiger partial charge >= 0.3 is 0 Å². The molecule has 0 aromatic rings. The van der Waals surface area contributed by atoms with Crippen molar-refractivity contribution in [1.29, 1.82) is 0 Å². The van der Waals surface area contributed by atoms with E-state index in [9.17, 15) is 0 Å². The van der Waals surface area contributed by atoms with Crippen molar-refractivity contribution in [2.24, 2.45) is 4.99 Å². The normalized spacial score (nSPS) is 11.8. The summed E-state index contributed by atoms with van der Waals surface area (Å²) >= 11 is 0. The standard InChI is InChI=1S/C7H12BN/c1-5-7(8-3)6(2)9-4/h5,8H,1,4H2,2-3H3/b7-6+. The van der Waals surface area contributed by atoms with Gasteiger partial charge in [-0.1, -0.05) is 25.0 Å². The summed E-state index contributed by atoms with van der Waals surface area (Å²) in [7, 11) is 0.981. The lowest BCUT2D eigenvalue weighted by Crippen LogP contribution is -1.88. The summed E-state index contributed by atoms with van der Waals surface area (Å²) in [6.45, 7) is 11.1. The molecular weight excluding hydrogens is 109 g/mol. The van der Waals surface area contributed by atoms with E-state index in [1.54, 1.807) is 0 Å². The van der Waals surface area contributed by atoms with E-state index in [4.69, 9.17) is 0 Å². The molecule has 0 saturated heterocycles. The zero-order valence-electron chi connectivity index (χ0n) is 6.15. The van der Waals surface area contributed by atoms with Crippen LogP contribution in [0, 0.1) is 0 Å². The summed E-state index contributed by atoms with van der Waals surface area (Å²) in [5.74, 6) is 0. The first kappa shape index (κ1) is 8.21. The molecule has 0 unspecified atom stereocenters. The third-order valence-corrected chi connectivity index (χ3v) is 1.33. The van der Waals surface area contributed by atoms with Gasteiger partial charge in [0, 0.05) is 5.70 Å². The average Bonchev–Trinajstić information content (AvgIpc) is 1.90. The summed E-state index contributed by atoms with van der Waals surface area (Å²) in [5, 5.41) is 0. The zero-order valence-corrected chi connectivity index (χ0v) is 6.15. The van der Waals surface area contributed by atoms with Crippen LogP contribution in [0.25, 0.3) is 0 Å². The summed E-state index contributed by atoms with van der Waals surface area (Å²) in [5.41, 5.74) is 2.15. The molecule has 0 heterocycles. The quantitative estimate of drug-likeness (QED) is 0.305. The highest BCUT2D eigenvalue weighted by Crippen LogP contribution is 2.02.